The number of thioether (sulfide) groups is 1. The molecule has 0 N–H and O–H groups in total. The Kier molecular flexibility index (Phi) is 6.75. The monoisotopic (exact) mass is 335 g/mol. The summed E-state index contributed by atoms with van der Waals surface area (Å²) in [6, 6.07) is 6.85. The minimum absolute atomic E-state index is 0.557. The number of benzene rings is 1. The maximum absolute atomic E-state index is 6.01. The largest absolute Gasteiger partial charge is 0.371 e. The number of hydrogen-bond donors (Lipinski definition) is 0. The molecule has 1 aromatic rings. The molecule has 96 valence electrons. The summed E-state index contributed by atoms with van der Waals surface area (Å²) in [7, 11) is 2.15. The van der Waals surface area contributed by atoms with Gasteiger partial charge in [-0.05, 0) is 30.4 Å². The first-order valence-corrected chi connectivity index (χ1v) is 8.42. The third-order valence-corrected chi connectivity index (χ3v) is 4.45. The van der Waals surface area contributed by atoms with Crippen LogP contribution in [0.4, 0.5) is 5.69 Å². The summed E-state index contributed by atoms with van der Waals surface area (Å²) in [6.45, 7) is 2.23. The van der Waals surface area contributed by atoms with Crippen molar-refractivity contribution >= 4 is 45.0 Å². The number of alkyl halides is 1. The third kappa shape index (κ3) is 4.08. The highest BCUT2D eigenvalue weighted by atomic mass is 79.9. The summed E-state index contributed by atoms with van der Waals surface area (Å²) in [5, 5.41) is 0. The van der Waals surface area contributed by atoms with E-state index in [1.165, 1.54) is 11.3 Å². The van der Waals surface area contributed by atoms with Crippen molar-refractivity contribution in [2.75, 3.05) is 24.0 Å². The normalized spacial score (nSPS) is 12.5. The van der Waals surface area contributed by atoms with E-state index in [1.807, 2.05) is 17.8 Å². The first kappa shape index (κ1) is 15.2. The van der Waals surface area contributed by atoms with Gasteiger partial charge >= 0.3 is 0 Å². The average molecular weight is 337 g/mol. The lowest BCUT2D eigenvalue weighted by atomic mass is 10.1. The smallest absolute Gasteiger partial charge is 0.0494 e. The molecule has 0 saturated carbocycles. The molecule has 1 rings (SSSR count). The van der Waals surface area contributed by atoms with Gasteiger partial charge in [0.15, 0.2) is 0 Å². The van der Waals surface area contributed by atoms with Crippen molar-refractivity contribution in [3.8, 4) is 0 Å². The minimum atomic E-state index is 0.557. The van der Waals surface area contributed by atoms with Gasteiger partial charge in [0, 0.05) is 34.9 Å². The van der Waals surface area contributed by atoms with Crippen LogP contribution in [0.15, 0.2) is 22.7 Å². The molecule has 4 heteroatoms. The predicted molar refractivity (Wildman–Crippen MR) is 84.6 cm³/mol. The van der Waals surface area contributed by atoms with Crippen molar-refractivity contribution in [3.63, 3.8) is 0 Å². The topological polar surface area (TPSA) is 3.24 Å². The Labute approximate surface area is 122 Å². The molecule has 1 atom stereocenters. The first-order valence-electron chi connectivity index (χ1n) is 5.70. The lowest BCUT2D eigenvalue weighted by Crippen LogP contribution is -2.33. The van der Waals surface area contributed by atoms with Gasteiger partial charge in [-0.3, -0.25) is 0 Å². The van der Waals surface area contributed by atoms with Crippen molar-refractivity contribution in [2.45, 2.75) is 25.3 Å². The standard InChI is InChI=1S/C13H19BrClNS/c1-4-12(9-17-3)16(2)13-7-11(14)6-5-10(13)8-15/h5-7,12H,4,8-9H2,1-3H3. The fraction of sp³-hybridized carbons (Fsp3) is 0.538. The maximum Gasteiger partial charge on any atom is 0.0494 e. The fourth-order valence-electron chi connectivity index (χ4n) is 1.87. The first-order chi connectivity index (χ1) is 8.13. The van der Waals surface area contributed by atoms with Crippen LogP contribution in [-0.2, 0) is 5.88 Å². The molecule has 0 fully saturated rings. The van der Waals surface area contributed by atoms with Crippen LogP contribution in [-0.4, -0.2) is 25.1 Å². The van der Waals surface area contributed by atoms with E-state index in [0.717, 1.165) is 16.6 Å². The fourth-order valence-corrected chi connectivity index (χ4v) is 3.29. The Bertz CT molecular complexity index is 359. The Morgan fingerprint density at radius 3 is 2.71 bits per heavy atom. The maximum atomic E-state index is 6.01. The SMILES string of the molecule is CCC(CSC)N(C)c1cc(Br)ccc1CCl. The number of anilines is 1. The number of halogens is 2. The van der Waals surface area contributed by atoms with Crippen LogP contribution in [0, 0.1) is 0 Å². The molecular formula is C13H19BrClNS. The lowest BCUT2D eigenvalue weighted by Gasteiger charge is -2.30. The van der Waals surface area contributed by atoms with Crippen LogP contribution < -0.4 is 4.90 Å². The predicted octanol–water partition coefficient (Wildman–Crippen LogP) is 4.77. The van der Waals surface area contributed by atoms with Gasteiger partial charge in [-0.2, -0.15) is 11.8 Å². The van der Waals surface area contributed by atoms with Crippen molar-refractivity contribution in [3.05, 3.63) is 28.2 Å². The minimum Gasteiger partial charge on any atom is -0.371 e. The molecule has 0 amide bonds. The van der Waals surface area contributed by atoms with Crippen LogP contribution >= 0.6 is 39.3 Å². The van der Waals surface area contributed by atoms with Gasteiger partial charge in [0.05, 0.1) is 0 Å². The molecule has 1 aromatic carbocycles. The lowest BCUT2D eigenvalue weighted by molar-refractivity contribution is 0.671. The number of nitrogens with zero attached hydrogens (tertiary/aromatic N) is 1. The van der Waals surface area contributed by atoms with Crippen molar-refractivity contribution in [1.82, 2.24) is 0 Å². The molecule has 0 heterocycles. The third-order valence-electron chi connectivity index (χ3n) is 2.95. The van der Waals surface area contributed by atoms with E-state index >= 15 is 0 Å². The van der Waals surface area contributed by atoms with Crippen LogP contribution in [0.3, 0.4) is 0 Å². The molecule has 0 aliphatic carbocycles. The zero-order valence-electron chi connectivity index (χ0n) is 10.5. The number of rotatable bonds is 6. The Morgan fingerprint density at radius 1 is 1.47 bits per heavy atom. The van der Waals surface area contributed by atoms with Crippen LogP contribution in [0.1, 0.15) is 18.9 Å². The molecule has 1 unspecified atom stereocenters. The summed E-state index contributed by atoms with van der Waals surface area (Å²) in [6.07, 6.45) is 3.30. The van der Waals surface area contributed by atoms with E-state index in [2.05, 4.69) is 53.2 Å². The van der Waals surface area contributed by atoms with Crippen molar-refractivity contribution < 1.29 is 0 Å². The molecule has 0 aromatic heterocycles. The van der Waals surface area contributed by atoms with E-state index in [4.69, 9.17) is 11.6 Å². The molecule has 0 aliphatic rings. The summed E-state index contributed by atoms with van der Waals surface area (Å²) in [4.78, 5) is 2.35. The zero-order chi connectivity index (χ0) is 12.8. The van der Waals surface area contributed by atoms with Gasteiger partial charge in [0.25, 0.3) is 0 Å². The van der Waals surface area contributed by atoms with Crippen LogP contribution in [0.25, 0.3) is 0 Å². The Hall–Kier alpha value is 0.140. The second kappa shape index (κ2) is 7.55. The highest BCUT2D eigenvalue weighted by molar-refractivity contribution is 9.10. The zero-order valence-corrected chi connectivity index (χ0v) is 13.7. The average Bonchev–Trinajstić information content (AvgIpc) is 2.35. The van der Waals surface area contributed by atoms with E-state index in [-0.39, 0.29) is 0 Å². The van der Waals surface area contributed by atoms with E-state index in [9.17, 15) is 0 Å². The van der Waals surface area contributed by atoms with Crippen molar-refractivity contribution in [2.24, 2.45) is 0 Å². The van der Waals surface area contributed by atoms with E-state index < -0.39 is 0 Å². The molecule has 17 heavy (non-hydrogen) atoms. The number of hydrogen-bond acceptors (Lipinski definition) is 2. The van der Waals surface area contributed by atoms with Gasteiger partial charge in [-0.1, -0.05) is 28.9 Å². The van der Waals surface area contributed by atoms with Crippen molar-refractivity contribution in [1.29, 1.82) is 0 Å². The molecule has 0 aliphatic heterocycles. The molecule has 0 bridgehead atoms. The summed E-state index contributed by atoms with van der Waals surface area (Å²) in [5.41, 5.74) is 2.42. The summed E-state index contributed by atoms with van der Waals surface area (Å²) >= 11 is 11.4. The molecule has 0 spiro atoms. The second-order valence-corrected chi connectivity index (χ2v) is 6.13. The Balaban J connectivity index is 2.99. The Morgan fingerprint density at radius 2 is 2.18 bits per heavy atom. The van der Waals surface area contributed by atoms with E-state index in [0.29, 0.717) is 11.9 Å². The molecule has 1 nitrogen and oxygen atoms in total. The highest BCUT2D eigenvalue weighted by Gasteiger charge is 2.15. The summed E-state index contributed by atoms with van der Waals surface area (Å²) < 4.78 is 1.10. The van der Waals surface area contributed by atoms with Gasteiger partial charge in [-0.15, -0.1) is 11.6 Å². The molecule has 0 saturated heterocycles. The molecular weight excluding hydrogens is 318 g/mol. The van der Waals surface area contributed by atoms with Crippen LogP contribution in [0.5, 0.6) is 0 Å². The highest BCUT2D eigenvalue weighted by Crippen LogP contribution is 2.28. The molecule has 0 radical (unpaired) electrons. The van der Waals surface area contributed by atoms with Gasteiger partial charge in [0.2, 0.25) is 0 Å². The van der Waals surface area contributed by atoms with Crippen LogP contribution in [0.2, 0.25) is 0 Å². The van der Waals surface area contributed by atoms with Gasteiger partial charge < -0.3 is 4.90 Å². The second-order valence-electron chi connectivity index (χ2n) is 4.03. The van der Waals surface area contributed by atoms with Gasteiger partial charge in [0.1, 0.15) is 0 Å². The van der Waals surface area contributed by atoms with Gasteiger partial charge in [-0.25, -0.2) is 0 Å². The summed E-state index contributed by atoms with van der Waals surface area (Å²) in [5.74, 6) is 1.70. The van der Waals surface area contributed by atoms with E-state index in [1.54, 1.807) is 0 Å². The quantitative estimate of drug-likeness (QED) is 0.689.